The molecule has 20 heavy (non-hydrogen) atoms. The van der Waals surface area contributed by atoms with E-state index in [9.17, 15) is 22.7 Å². The number of nitro benzene ring substituents is 1. The van der Waals surface area contributed by atoms with Crippen LogP contribution in [-0.2, 0) is 20.6 Å². The van der Waals surface area contributed by atoms with Crippen molar-refractivity contribution in [3.8, 4) is 0 Å². The molecule has 0 spiro atoms. The van der Waals surface area contributed by atoms with Gasteiger partial charge in [0, 0.05) is 22.8 Å². The Morgan fingerprint density at radius 1 is 1.35 bits per heavy atom. The summed E-state index contributed by atoms with van der Waals surface area (Å²) in [5, 5.41) is 10.2. The molecule has 1 rings (SSSR count). The van der Waals surface area contributed by atoms with Gasteiger partial charge < -0.3 is 0 Å². The Bertz CT molecular complexity index is 610. The molecule has 0 aliphatic rings. The SMILES string of the molecule is CC(C)S(=O)(=O)CCCS(=O)c1cccc([N+](=O)[O-])c1. The molecule has 8 heteroatoms. The predicted octanol–water partition coefficient (Wildman–Crippen LogP) is 1.92. The molecule has 0 saturated carbocycles. The Labute approximate surface area is 120 Å². The minimum Gasteiger partial charge on any atom is -0.258 e. The maximum Gasteiger partial charge on any atom is 0.270 e. The molecule has 0 N–H and O–H groups in total. The molecule has 0 aromatic heterocycles. The normalized spacial score (nSPS) is 13.3. The predicted molar refractivity (Wildman–Crippen MR) is 77.9 cm³/mol. The Morgan fingerprint density at radius 2 is 2.00 bits per heavy atom. The van der Waals surface area contributed by atoms with Crippen molar-refractivity contribution < 1.29 is 17.6 Å². The van der Waals surface area contributed by atoms with Crippen molar-refractivity contribution >= 4 is 26.3 Å². The highest BCUT2D eigenvalue weighted by Crippen LogP contribution is 2.16. The van der Waals surface area contributed by atoms with E-state index in [0.29, 0.717) is 4.90 Å². The van der Waals surface area contributed by atoms with Crippen molar-refractivity contribution in [1.82, 2.24) is 0 Å². The molecule has 0 radical (unpaired) electrons. The van der Waals surface area contributed by atoms with Gasteiger partial charge >= 0.3 is 0 Å². The molecule has 1 aromatic rings. The smallest absolute Gasteiger partial charge is 0.258 e. The van der Waals surface area contributed by atoms with Crippen LogP contribution in [0.1, 0.15) is 20.3 Å². The molecule has 0 fully saturated rings. The number of nitro groups is 1. The molecule has 0 heterocycles. The van der Waals surface area contributed by atoms with Crippen molar-refractivity contribution in [2.45, 2.75) is 30.4 Å². The molecule has 112 valence electrons. The molecule has 0 aliphatic carbocycles. The van der Waals surface area contributed by atoms with E-state index in [1.165, 1.54) is 18.2 Å². The van der Waals surface area contributed by atoms with E-state index in [0.717, 1.165) is 0 Å². The Hall–Kier alpha value is -1.28. The van der Waals surface area contributed by atoms with Crippen molar-refractivity contribution in [3.05, 3.63) is 34.4 Å². The van der Waals surface area contributed by atoms with E-state index in [-0.39, 0.29) is 23.6 Å². The fourth-order valence-corrected chi connectivity index (χ4v) is 3.81. The largest absolute Gasteiger partial charge is 0.270 e. The summed E-state index contributed by atoms with van der Waals surface area (Å²) in [6.45, 7) is 3.21. The lowest BCUT2D eigenvalue weighted by atomic mass is 10.3. The number of hydrogen-bond donors (Lipinski definition) is 0. The lowest BCUT2D eigenvalue weighted by molar-refractivity contribution is -0.385. The van der Waals surface area contributed by atoms with Gasteiger partial charge in [0.15, 0.2) is 9.84 Å². The average molecular weight is 319 g/mol. The third-order valence-electron chi connectivity index (χ3n) is 2.77. The molecule has 6 nitrogen and oxygen atoms in total. The standard InChI is InChI=1S/C12H17NO5S2/c1-10(2)20(17,18)8-4-7-19(16)12-6-3-5-11(9-12)13(14)15/h3,5-6,9-10H,4,7-8H2,1-2H3. The zero-order valence-corrected chi connectivity index (χ0v) is 12.9. The highest BCUT2D eigenvalue weighted by atomic mass is 32.2. The van der Waals surface area contributed by atoms with E-state index in [4.69, 9.17) is 0 Å². The summed E-state index contributed by atoms with van der Waals surface area (Å²) in [6.07, 6.45) is 0.274. The van der Waals surface area contributed by atoms with Gasteiger partial charge in [0.2, 0.25) is 0 Å². The zero-order chi connectivity index (χ0) is 15.3. The van der Waals surface area contributed by atoms with Gasteiger partial charge in [-0.1, -0.05) is 6.07 Å². The van der Waals surface area contributed by atoms with Gasteiger partial charge in [0.05, 0.1) is 26.7 Å². The van der Waals surface area contributed by atoms with Crippen LogP contribution in [0.15, 0.2) is 29.2 Å². The second-order valence-corrected chi connectivity index (χ2v) is 8.82. The van der Waals surface area contributed by atoms with E-state index in [1.54, 1.807) is 19.9 Å². The summed E-state index contributed by atoms with van der Waals surface area (Å²) >= 11 is 0. The Balaban J connectivity index is 2.64. The van der Waals surface area contributed by atoms with E-state index in [1.807, 2.05) is 0 Å². The second kappa shape index (κ2) is 6.94. The highest BCUT2D eigenvalue weighted by molar-refractivity contribution is 7.92. The van der Waals surface area contributed by atoms with Crippen LogP contribution in [0.25, 0.3) is 0 Å². The summed E-state index contributed by atoms with van der Waals surface area (Å²) in [5.74, 6) is 0.151. The number of sulfone groups is 1. The van der Waals surface area contributed by atoms with Gasteiger partial charge in [-0.3, -0.25) is 14.3 Å². The Kier molecular flexibility index (Phi) is 5.82. The minimum absolute atomic E-state index is 0.0225. The number of nitrogens with zero attached hydrogens (tertiary/aromatic N) is 1. The van der Waals surface area contributed by atoms with Gasteiger partial charge in [-0.15, -0.1) is 0 Å². The highest BCUT2D eigenvalue weighted by Gasteiger charge is 2.17. The maximum absolute atomic E-state index is 12.0. The fourth-order valence-electron chi connectivity index (χ4n) is 1.48. The summed E-state index contributed by atoms with van der Waals surface area (Å²) in [7, 11) is -4.57. The first-order chi connectivity index (χ1) is 9.24. The number of hydrogen-bond acceptors (Lipinski definition) is 5. The number of non-ortho nitro benzene ring substituents is 1. The van der Waals surface area contributed by atoms with Crippen LogP contribution >= 0.6 is 0 Å². The second-order valence-electron chi connectivity index (χ2n) is 4.57. The van der Waals surface area contributed by atoms with Gasteiger partial charge in [0.25, 0.3) is 5.69 Å². The zero-order valence-electron chi connectivity index (χ0n) is 11.3. The third kappa shape index (κ3) is 4.68. The first kappa shape index (κ1) is 16.8. The molecular formula is C12H17NO5S2. The minimum atomic E-state index is -3.14. The molecular weight excluding hydrogens is 302 g/mol. The quantitative estimate of drug-likeness (QED) is 0.565. The molecule has 0 amide bonds. The van der Waals surface area contributed by atoms with E-state index in [2.05, 4.69) is 0 Å². The topological polar surface area (TPSA) is 94.3 Å². The summed E-state index contributed by atoms with van der Waals surface area (Å²) in [5.41, 5.74) is -0.120. The molecule has 1 atom stereocenters. The fraction of sp³-hybridized carbons (Fsp3) is 0.500. The van der Waals surface area contributed by atoms with Crippen LogP contribution in [0.2, 0.25) is 0 Å². The van der Waals surface area contributed by atoms with Gasteiger partial charge in [-0.05, 0) is 26.3 Å². The number of benzene rings is 1. The van der Waals surface area contributed by atoms with Crippen LogP contribution in [0.4, 0.5) is 5.69 Å². The van der Waals surface area contributed by atoms with Gasteiger partial charge in [-0.2, -0.15) is 0 Å². The first-order valence-electron chi connectivity index (χ1n) is 6.08. The summed E-state index contributed by atoms with van der Waals surface area (Å²) in [6, 6.07) is 5.59. The van der Waals surface area contributed by atoms with Crippen molar-refractivity contribution in [3.63, 3.8) is 0 Å². The molecule has 0 bridgehead atoms. The molecule has 1 aromatic carbocycles. The van der Waals surface area contributed by atoms with Gasteiger partial charge in [0.1, 0.15) is 0 Å². The van der Waals surface area contributed by atoms with Crippen molar-refractivity contribution in [2.24, 2.45) is 0 Å². The Morgan fingerprint density at radius 3 is 2.55 bits per heavy atom. The van der Waals surface area contributed by atoms with Crippen LogP contribution in [0.5, 0.6) is 0 Å². The van der Waals surface area contributed by atoms with Crippen molar-refractivity contribution in [2.75, 3.05) is 11.5 Å². The molecule has 0 saturated heterocycles. The van der Waals surface area contributed by atoms with E-state index < -0.39 is 30.8 Å². The summed E-state index contributed by atoms with van der Waals surface area (Å²) in [4.78, 5) is 10.4. The maximum atomic E-state index is 12.0. The van der Waals surface area contributed by atoms with E-state index >= 15 is 0 Å². The lowest BCUT2D eigenvalue weighted by Gasteiger charge is -2.07. The molecule has 1 unspecified atom stereocenters. The monoisotopic (exact) mass is 319 g/mol. The van der Waals surface area contributed by atoms with Crippen molar-refractivity contribution in [1.29, 1.82) is 0 Å². The number of rotatable bonds is 7. The average Bonchev–Trinajstić information content (AvgIpc) is 2.38. The van der Waals surface area contributed by atoms with Crippen LogP contribution in [0, 0.1) is 10.1 Å². The third-order valence-corrected chi connectivity index (χ3v) is 6.50. The summed E-state index contributed by atoms with van der Waals surface area (Å²) < 4.78 is 35.2. The lowest BCUT2D eigenvalue weighted by Crippen LogP contribution is -2.19. The van der Waals surface area contributed by atoms with Crippen LogP contribution in [0.3, 0.4) is 0 Å². The van der Waals surface area contributed by atoms with Crippen LogP contribution < -0.4 is 0 Å². The van der Waals surface area contributed by atoms with Gasteiger partial charge in [-0.25, -0.2) is 8.42 Å². The molecule has 0 aliphatic heterocycles. The first-order valence-corrected chi connectivity index (χ1v) is 9.12. The van der Waals surface area contributed by atoms with Crippen LogP contribution in [-0.4, -0.2) is 34.3 Å².